The van der Waals surface area contributed by atoms with Gasteiger partial charge in [0.15, 0.2) is 6.61 Å². The fourth-order valence-corrected chi connectivity index (χ4v) is 3.48. The molecule has 2 aromatic rings. The molecule has 27 heavy (non-hydrogen) atoms. The van der Waals surface area contributed by atoms with Gasteiger partial charge in [0.1, 0.15) is 16.9 Å². The topological polar surface area (TPSA) is 88.4 Å². The first-order valence-electron chi connectivity index (χ1n) is 9.03. The van der Waals surface area contributed by atoms with E-state index in [0.717, 1.165) is 30.0 Å². The molecule has 0 radical (unpaired) electrons. The van der Waals surface area contributed by atoms with Crippen LogP contribution in [0.1, 0.15) is 42.5 Å². The molecule has 0 saturated heterocycles. The van der Waals surface area contributed by atoms with Gasteiger partial charge in [-0.3, -0.25) is 4.79 Å². The van der Waals surface area contributed by atoms with E-state index in [1.807, 2.05) is 24.3 Å². The van der Waals surface area contributed by atoms with Crippen LogP contribution in [0, 0.1) is 11.3 Å². The lowest BCUT2D eigenvalue weighted by Crippen LogP contribution is -2.50. The van der Waals surface area contributed by atoms with E-state index in [4.69, 9.17) is 9.47 Å². The van der Waals surface area contributed by atoms with Gasteiger partial charge in [-0.05, 0) is 35.7 Å². The Bertz CT molecular complexity index is 895. The van der Waals surface area contributed by atoms with E-state index in [9.17, 15) is 14.9 Å². The highest BCUT2D eigenvalue weighted by atomic mass is 16.5. The maximum Gasteiger partial charge on any atom is 0.342 e. The zero-order chi connectivity index (χ0) is 19.3. The van der Waals surface area contributed by atoms with Crippen molar-refractivity contribution >= 4 is 22.6 Å². The first kappa shape index (κ1) is 18.7. The van der Waals surface area contributed by atoms with Gasteiger partial charge >= 0.3 is 5.97 Å². The van der Waals surface area contributed by atoms with E-state index in [-0.39, 0.29) is 5.56 Å². The van der Waals surface area contributed by atoms with Gasteiger partial charge in [-0.1, -0.05) is 43.5 Å². The van der Waals surface area contributed by atoms with Gasteiger partial charge in [0, 0.05) is 0 Å². The summed E-state index contributed by atoms with van der Waals surface area (Å²) in [7, 11) is 1.48. The van der Waals surface area contributed by atoms with Crippen LogP contribution in [0.25, 0.3) is 10.8 Å². The summed E-state index contributed by atoms with van der Waals surface area (Å²) in [5.41, 5.74) is -0.584. The van der Waals surface area contributed by atoms with Crippen molar-refractivity contribution in [3.8, 4) is 11.8 Å². The minimum Gasteiger partial charge on any atom is -0.496 e. The molecule has 1 amide bonds. The van der Waals surface area contributed by atoms with Crippen molar-refractivity contribution in [3.63, 3.8) is 0 Å². The van der Waals surface area contributed by atoms with Crippen LogP contribution >= 0.6 is 0 Å². The molecule has 3 rings (SSSR count). The molecule has 1 aliphatic carbocycles. The highest BCUT2D eigenvalue weighted by molar-refractivity contribution is 5.99. The molecule has 1 N–H and O–H groups in total. The molecule has 0 heterocycles. The second kappa shape index (κ2) is 8.09. The fourth-order valence-electron chi connectivity index (χ4n) is 3.48. The molecule has 1 aliphatic rings. The van der Waals surface area contributed by atoms with E-state index in [1.54, 1.807) is 12.1 Å². The fraction of sp³-hybridized carbons (Fsp3) is 0.381. The number of ether oxygens (including phenoxy) is 2. The van der Waals surface area contributed by atoms with E-state index in [1.165, 1.54) is 7.11 Å². The first-order chi connectivity index (χ1) is 13.1. The minimum atomic E-state index is -0.845. The van der Waals surface area contributed by atoms with Crippen molar-refractivity contribution in [2.24, 2.45) is 0 Å². The summed E-state index contributed by atoms with van der Waals surface area (Å²) >= 11 is 0. The Morgan fingerprint density at radius 3 is 2.44 bits per heavy atom. The van der Waals surface area contributed by atoms with Crippen molar-refractivity contribution in [2.45, 2.75) is 37.6 Å². The van der Waals surface area contributed by atoms with Crippen LogP contribution in [0.2, 0.25) is 0 Å². The number of nitrogens with one attached hydrogen (secondary N) is 1. The highest BCUT2D eigenvalue weighted by Gasteiger charge is 2.33. The van der Waals surface area contributed by atoms with Crippen LogP contribution in [0.15, 0.2) is 36.4 Å². The third-order valence-electron chi connectivity index (χ3n) is 4.92. The normalized spacial score (nSPS) is 15.6. The van der Waals surface area contributed by atoms with Gasteiger partial charge in [-0.25, -0.2) is 4.79 Å². The van der Waals surface area contributed by atoms with Crippen LogP contribution in [0.3, 0.4) is 0 Å². The molecule has 0 spiro atoms. The average Bonchev–Trinajstić information content (AvgIpc) is 2.71. The summed E-state index contributed by atoms with van der Waals surface area (Å²) in [5, 5.41) is 14.0. The Kier molecular flexibility index (Phi) is 5.60. The monoisotopic (exact) mass is 366 g/mol. The molecule has 0 bridgehead atoms. The maximum atomic E-state index is 12.5. The lowest BCUT2D eigenvalue weighted by atomic mass is 9.83. The van der Waals surface area contributed by atoms with E-state index >= 15 is 0 Å². The Morgan fingerprint density at radius 1 is 1.15 bits per heavy atom. The Labute approximate surface area is 158 Å². The number of esters is 1. The molecular weight excluding hydrogens is 344 g/mol. The van der Waals surface area contributed by atoms with Crippen LogP contribution < -0.4 is 10.1 Å². The van der Waals surface area contributed by atoms with Crippen LogP contribution in [0.4, 0.5) is 0 Å². The van der Waals surface area contributed by atoms with E-state index in [0.29, 0.717) is 18.6 Å². The third kappa shape index (κ3) is 4.20. The zero-order valence-corrected chi connectivity index (χ0v) is 15.3. The summed E-state index contributed by atoms with van der Waals surface area (Å²) in [6.45, 7) is -0.432. The molecule has 0 unspecified atom stereocenters. The molecule has 1 saturated carbocycles. The number of hydrogen-bond acceptors (Lipinski definition) is 5. The number of carbonyl (C=O) groups excluding carboxylic acids is 2. The molecule has 0 aliphatic heterocycles. The third-order valence-corrected chi connectivity index (χ3v) is 4.92. The number of rotatable bonds is 5. The quantitative estimate of drug-likeness (QED) is 0.820. The second-order valence-corrected chi connectivity index (χ2v) is 6.78. The standard InChI is InChI=1S/C21H22N2O4/c1-26-18-12-16-8-4-3-7-15(16)11-17(18)20(25)27-13-19(24)23-21(14-22)9-5-2-6-10-21/h3-4,7-8,11-12H,2,5-6,9-10,13H2,1H3,(H,23,24). The van der Waals surface area contributed by atoms with Gasteiger partial charge in [0.05, 0.1) is 13.2 Å². The van der Waals surface area contributed by atoms with Gasteiger partial charge in [0.2, 0.25) is 0 Å². The van der Waals surface area contributed by atoms with Gasteiger partial charge in [0.25, 0.3) is 5.91 Å². The Balaban J connectivity index is 1.67. The summed E-state index contributed by atoms with van der Waals surface area (Å²) in [5.74, 6) is -0.714. The molecule has 6 heteroatoms. The van der Waals surface area contributed by atoms with Gasteiger partial charge < -0.3 is 14.8 Å². The minimum absolute atomic E-state index is 0.261. The molecule has 6 nitrogen and oxygen atoms in total. The lowest BCUT2D eigenvalue weighted by Gasteiger charge is -2.31. The van der Waals surface area contributed by atoms with Crippen molar-refractivity contribution in [3.05, 3.63) is 42.0 Å². The summed E-state index contributed by atoms with van der Waals surface area (Å²) in [6.07, 6.45) is 4.13. The first-order valence-corrected chi connectivity index (χ1v) is 9.03. The average molecular weight is 366 g/mol. The zero-order valence-electron chi connectivity index (χ0n) is 15.3. The largest absolute Gasteiger partial charge is 0.496 e. The van der Waals surface area contributed by atoms with Crippen LogP contribution in [-0.2, 0) is 9.53 Å². The number of benzene rings is 2. The number of nitriles is 1. The summed E-state index contributed by atoms with van der Waals surface area (Å²) < 4.78 is 10.5. The number of nitrogens with zero attached hydrogens (tertiary/aromatic N) is 1. The number of methoxy groups -OCH3 is 1. The SMILES string of the molecule is COc1cc2ccccc2cc1C(=O)OCC(=O)NC1(C#N)CCCCC1. The number of hydrogen-bond donors (Lipinski definition) is 1. The van der Waals surface area contributed by atoms with E-state index < -0.39 is 24.0 Å². The lowest BCUT2D eigenvalue weighted by molar-refractivity contribution is -0.125. The number of amides is 1. The Morgan fingerprint density at radius 2 is 1.81 bits per heavy atom. The van der Waals surface area contributed by atoms with Crippen molar-refractivity contribution in [1.82, 2.24) is 5.32 Å². The summed E-state index contributed by atoms with van der Waals surface area (Å²) in [6, 6.07) is 13.3. The maximum absolute atomic E-state index is 12.5. The smallest absolute Gasteiger partial charge is 0.342 e. The molecule has 1 fully saturated rings. The van der Waals surface area contributed by atoms with Gasteiger partial charge in [-0.15, -0.1) is 0 Å². The molecule has 0 atom stereocenters. The van der Waals surface area contributed by atoms with Crippen LogP contribution in [-0.4, -0.2) is 31.1 Å². The number of carbonyl (C=O) groups is 2. The Hall–Kier alpha value is -3.07. The van der Waals surface area contributed by atoms with Gasteiger partial charge in [-0.2, -0.15) is 5.26 Å². The molecule has 0 aromatic heterocycles. The van der Waals surface area contributed by atoms with Crippen molar-refractivity contribution < 1.29 is 19.1 Å². The predicted octanol–water partition coefficient (Wildman–Crippen LogP) is 3.35. The molecule has 2 aromatic carbocycles. The van der Waals surface area contributed by atoms with Crippen molar-refractivity contribution in [2.75, 3.05) is 13.7 Å². The number of fused-ring (bicyclic) bond motifs is 1. The molecule has 140 valence electrons. The highest BCUT2D eigenvalue weighted by Crippen LogP contribution is 2.28. The summed E-state index contributed by atoms with van der Waals surface area (Å²) in [4.78, 5) is 24.7. The molecular formula is C21H22N2O4. The van der Waals surface area contributed by atoms with Crippen LogP contribution in [0.5, 0.6) is 5.75 Å². The van der Waals surface area contributed by atoms with E-state index in [2.05, 4.69) is 11.4 Å². The van der Waals surface area contributed by atoms with Crippen molar-refractivity contribution in [1.29, 1.82) is 5.26 Å². The second-order valence-electron chi connectivity index (χ2n) is 6.78. The predicted molar refractivity (Wildman–Crippen MR) is 100 cm³/mol.